The van der Waals surface area contributed by atoms with E-state index in [0.29, 0.717) is 0 Å². The molecule has 1 aromatic rings. The van der Waals surface area contributed by atoms with E-state index in [2.05, 4.69) is 62.3 Å². The molecule has 0 aliphatic heterocycles. The van der Waals surface area contributed by atoms with Crippen molar-refractivity contribution in [2.24, 2.45) is 5.92 Å². The molecule has 0 spiro atoms. The largest absolute Gasteiger partial charge is 0.316 e. The minimum Gasteiger partial charge on any atom is -0.316 e. The molecule has 0 unspecified atom stereocenters. The molecule has 0 aliphatic carbocycles. The Labute approximate surface area is 119 Å². The van der Waals surface area contributed by atoms with E-state index in [-0.39, 0.29) is 0 Å². The van der Waals surface area contributed by atoms with Crippen molar-refractivity contribution in [3.05, 3.63) is 35.4 Å². The molecule has 0 saturated heterocycles. The average molecular weight is 262 g/mol. The fourth-order valence-electron chi connectivity index (χ4n) is 2.35. The first-order chi connectivity index (χ1) is 9.11. The van der Waals surface area contributed by atoms with Crippen molar-refractivity contribution in [3.63, 3.8) is 0 Å². The summed E-state index contributed by atoms with van der Waals surface area (Å²) in [7, 11) is 2.20. The number of hydrogen-bond acceptors (Lipinski definition) is 2. The van der Waals surface area contributed by atoms with Gasteiger partial charge < -0.3 is 10.2 Å². The van der Waals surface area contributed by atoms with Crippen LogP contribution in [0.15, 0.2) is 24.3 Å². The van der Waals surface area contributed by atoms with Gasteiger partial charge in [0.05, 0.1) is 0 Å². The Kier molecular flexibility index (Phi) is 7.76. The Morgan fingerprint density at radius 2 is 1.68 bits per heavy atom. The summed E-state index contributed by atoms with van der Waals surface area (Å²) in [5.41, 5.74) is 2.84. The zero-order valence-corrected chi connectivity index (χ0v) is 13.1. The van der Waals surface area contributed by atoms with Gasteiger partial charge >= 0.3 is 0 Å². The third-order valence-corrected chi connectivity index (χ3v) is 3.17. The molecular weight excluding hydrogens is 232 g/mol. The van der Waals surface area contributed by atoms with Gasteiger partial charge in [0.25, 0.3) is 0 Å². The second-order valence-electron chi connectivity index (χ2n) is 5.91. The summed E-state index contributed by atoms with van der Waals surface area (Å²) in [6.45, 7) is 11.1. The highest BCUT2D eigenvalue weighted by Gasteiger charge is 2.03. The highest BCUT2D eigenvalue weighted by Crippen LogP contribution is 2.08. The summed E-state index contributed by atoms with van der Waals surface area (Å²) >= 11 is 0. The fraction of sp³-hybridized carbons (Fsp3) is 0.647. The van der Waals surface area contributed by atoms with Gasteiger partial charge in [0.1, 0.15) is 0 Å². The van der Waals surface area contributed by atoms with Crippen LogP contribution in [0.25, 0.3) is 0 Å². The van der Waals surface area contributed by atoms with Crippen molar-refractivity contribution in [3.8, 4) is 0 Å². The Bertz CT molecular complexity index is 330. The quantitative estimate of drug-likeness (QED) is 0.687. The maximum absolute atomic E-state index is 3.44. The lowest BCUT2D eigenvalue weighted by atomic mass is 10.1. The van der Waals surface area contributed by atoms with E-state index in [1.165, 1.54) is 17.5 Å². The van der Waals surface area contributed by atoms with E-state index >= 15 is 0 Å². The Hall–Kier alpha value is -0.860. The fourth-order valence-corrected chi connectivity index (χ4v) is 2.35. The minimum atomic E-state index is 0.730. The van der Waals surface area contributed by atoms with Gasteiger partial charge in [0.2, 0.25) is 0 Å². The molecular formula is C17H30N2. The van der Waals surface area contributed by atoms with Crippen LogP contribution in [0.4, 0.5) is 0 Å². The third-order valence-electron chi connectivity index (χ3n) is 3.17. The SMILES string of the molecule is CCCNCCc1ccc(CN(C)CC(C)C)cc1. The summed E-state index contributed by atoms with van der Waals surface area (Å²) in [6.07, 6.45) is 2.34. The molecule has 1 rings (SSSR count). The standard InChI is InChI=1S/C17H30N2/c1-5-11-18-12-10-16-6-8-17(9-7-16)14-19(4)13-15(2)3/h6-9,15,18H,5,10-14H2,1-4H3. The molecule has 1 aromatic carbocycles. The number of benzene rings is 1. The van der Waals surface area contributed by atoms with Crippen molar-refractivity contribution in [2.75, 3.05) is 26.7 Å². The molecule has 0 fully saturated rings. The molecule has 19 heavy (non-hydrogen) atoms. The summed E-state index contributed by atoms with van der Waals surface area (Å²) in [4.78, 5) is 2.39. The predicted molar refractivity (Wildman–Crippen MR) is 84.5 cm³/mol. The van der Waals surface area contributed by atoms with Crippen molar-refractivity contribution >= 4 is 0 Å². The van der Waals surface area contributed by atoms with Gasteiger partial charge in [-0.1, -0.05) is 45.0 Å². The Balaban J connectivity index is 2.34. The molecule has 0 radical (unpaired) electrons. The second-order valence-corrected chi connectivity index (χ2v) is 5.91. The van der Waals surface area contributed by atoms with E-state index in [0.717, 1.165) is 38.5 Å². The first kappa shape index (κ1) is 16.2. The minimum absolute atomic E-state index is 0.730. The summed E-state index contributed by atoms with van der Waals surface area (Å²) in [5, 5.41) is 3.44. The maximum atomic E-state index is 3.44. The topological polar surface area (TPSA) is 15.3 Å². The molecule has 0 heterocycles. The molecule has 1 N–H and O–H groups in total. The molecule has 0 atom stereocenters. The number of rotatable bonds is 9. The van der Waals surface area contributed by atoms with Crippen LogP contribution in [0.2, 0.25) is 0 Å². The lowest BCUT2D eigenvalue weighted by Gasteiger charge is -2.19. The van der Waals surface area contributed by atoms with E-state index in [9.17, 15) is 0 Å². The summed E-state index contributed by atoms with van der Waals surface area (Å²) in [5.74, 6) is 0.730. The van der Waals surface area contributed by atoms with Gasteiger partial charge in [0, 0.05) is 13.1 Å². The zero-order chi connectivity index (χ0) is 14.1. The van der Waals surface area contributed by atoms with Crippen LogP contribution in [0.5, 0.6) is 0 Å². The van der Waals surface area contributed by atoms with Crippen LogP contribution in [-0.4, -0.2) is 31.6 Å². The molecule has 0 amide bonds. The first-order valence-corrected chi connectivity index (χ1v) is 7.59. The molecule has 0 aliphatic rings. The van der Waals surface area contributed by atoms with E-state index in [1.54, 1.807) is 0 Å². The highest BCUT2D eigenvalue weighted by molar-refractivity contribution is 5.22. The van der Waals surface area contributed by atoms with Gasteiger partial charge in [-0.3, -0.25) is 0 Å². The van der Waals surface area contributed by atoms with Crippen LogP contribution in [0.3, 0.4) is 0 Å². The molecule has 108 valence electrons. The smallest absolute Gasteiger partial charge is 0.0230 e. The second kappa shape index (κ2) is 9.11. The molecule has 0 bridgehead atoms. The third kappa shape index (κ3) is 7.34. The van der Waals surface area contributed by atoms with Crippen molar-refractivity contribution in [1.29, 1.82) is 0 Å². The van der Waals surface area contributed by atoms with Crippen LogP contribution in [0.1, 0.15) is 38.3 Å². The zero-order valence-electron chi connectivity index (χ0n) is 13.1. The van der Waals surface area contributed by atoms with Gasteiger partial charge in [0.15, 0.2) is 0 Å². The summed E-state index contributed by atoms with van der Waals surface area (Å²) < 4.78 is 0. The summed E-state index contributed by atoms with van der Waals surface area (Å²) in [6, 6.07) is 9.08. The molecule has 0 saturated carbocycles. The molecule has 2 heteroatoms. The van der Waals surface area contributed by atoms with Crippen molar-refractivity contribution in [2.45, 2.75) is 40.2 Å². The van der Waals surface area contributed by atoms with E-state index in [4.69, 9.17) is 0 Å². The Morgan fingerprint density at radius 3 is 2.26 bits per heavy atom. The van der Waals surface area contributed by atoms with E-state index < -0.39 is 0 Å². The van der Waals surface area contributed by atoms with Crippen LogP contribution < -0.4 is 5.32 Å². The van der Waals surface area contributed by atoms with Crippen molar-refractivity contribution in [1.82, 2.24) is 10.2 Å². The highest BCUT2D eigenvalue weighted by atomic mass is 15.1. The van der Waals surface area contributed by atoms with Gasteiger partial charge in [-0.2, -0.15) is 0 Å². The average Bonchev–Trinajstić information content (AvgIpc) is 2.35. The number of nitrogens with one attached hydrogen (secondary N) is 1. The first-order valence-electron chi connectivity index (χ1n) is 7.59. The normalized spacial score (nSPS) is 11.5. The maximum Gasteiger partial charge on any atom is 0.0230 e. The number of nitrogens with zero attached hydrogens (tertiary/aromatic N) is 1. The monoisotopic (exact) mass is 262 g/mol. The van der Waals surface area contributed by atoms with Gasteiger partial charge in [-0.25, -0.2) is 0 Å². The molecule has 2 nitrogen and oxygen atoms in total. The van der Waals surface area contributed by atoms with Crippen molar-refractivity contribution < 1.29 is 0 Å². The number of hydrogen-bond donors (Lipinski definition) is 1. The lowest BCUT2D eigenvalue weighted by Crippen LogP contribution is -2.22. The van der Waals surface area contributed by atoms with Crippen LogP contribution in [0, 0.1) is 5.92 Å². The van der Waals surface area contributed by atoms with Gasteiger partial charge in [-0.05, 0) is 50.0 Å². The predicted octanol–water partition coefficient (Wildman–Crippen LogP) is 3.32. The van der Waals surface area contributed by atoms with Gasteiger partial charge in [-0.15, -0.1) is 0 Å². The van der Waals surface area contributed by atoms with Crippen LogP contribution >= 0.6 is 0 Å². The molecule has 0 aromatic heterocycles. The lowest BCUT2D eigenvalue weighted by molar-refractivity contribution is 0.288. The van der Waals surface area contributed by atoms with Crippen LogP contribution in [-0.2, 0) is 13.0 Å². The van der Waals surface area contributed by atoms with E-state index in [1.807, 2.05) is 0 Å². The Morgan fingerprint density at radius 1 is 1.05 bits per heavy atom.